The fourth-order valence-electron chi connectivity index (χ4n) is 1.39. The van der Waals surface area contributed by atoms with E-state index in [2.05, 4.69) is 9.72 Å². The van der Waals surface area contributed by atoms with E-state index in [1.807, 2.05) is 0 Å². The molecule has 7 heteroatoms. The van der Waals surface area contributed by atoms with Gasteiger partial charge >= 0.3 is 12.3 Å². The summed E-state index contributed by atoms with van der Waals surface area (Å²) in [7, 11) is 0. The summed E-state index contributed by atoms with van der Waals surface area (Å²) in [6, 6.07) is 7.54. The molecular weight excluding hydrogens is 271 g/mol. The summed E-state index contributed by atoms with van der Waals surface area (Å²) in [5.74, 6) is -1.59. The molecule has 1 aromatic carbocycles. The quantitative estimate of drug-likeness (QED) is 0.747. The smallest absolute Gasteiger partial charge is 0.368 e. The van der Waals surface area contributed by atoms with E-state index in [-0.39, 0.29) is 5.02 Å². The number of para-hydroxylation sites is 1. The fraction of sp³-hybridized carbons (Fsp3) is 0.0909. The molecule has 2 aromatic rings. The Morgan fingerprint density at radius 2 is 1.94 bits per heavy atom. The predicted molar refractivity (Wildman–Crippen MR) is 58.2 cm³/mol. The molecule has 1 heterocycles. The van der Waals surface area contributed by atoms with Gasteiger partial charge in [0.05, 0.1) is 10.5 Å². The highest BCUT2D eigenvalue weighted by molar-refractivity contribution is 6.35. The van der Waals surface area contributed by atoms with Gasteiger partial charge in [-0.05, 0) is 12.1 Å². The first-order valence-corrected chi connectivity index (χ1v) is 5.10. The maximum atomic E-state index is 11.9. The van der Waals surface area contributed by atoms with E-state index >= 15 is 0 Å². The van der Waals surface area contributed by atoms with E-state index in [1.54, 1.807) is 18.2 Å². The fourth-order valence-corrected chi connectivity index (χ4v) is 1.66. The number of aromatic nitrogens is 1. The number of rotatable bonds is 1. The van der Waals surface area contributed by atoms with Crippen molar-refractivity contribution < 1.29 is 22.7 Å². The second-order valence-electron chi connectivity index (χ2n) is 3.34. The number of pyridine rings is 1. The first-order chi connectivity index (χ1) is 8.37. The van der Waals surface area contributed by atoms with E-state index in [4.69, 9.17) is 11.6 Å². The average molecular weight is 276 g/mol. The zero-order chi connectivity index (χ0) is 13.3. The van der Waals surface area contributed by atoms with Crippen molar-refractivity contribution in [1.82, 2.24) is 4.98 Å². The number of ether oxygens (including phenoxy) is 1. The van der Waals surface area contributed by atoms with Gasteiger partial charge in [-0.25, -0.2) is 9.78 Å². The van der Waals surface area contributed by atoms with Crippen molar-refractivity contribution in [1.29, 1.82) is 0 Å². The van der Waals surface area contributed by atoms with Gasteiger partial charge in [0.25, 0.3) is 0 Å². The number of hydrogen-bond acceptors (Lipinski definition) is 3. The Bertz CT molecular complexity index is 613. The van der Waals surface area contributed by atoms with Crippen LogP contribution in [0.4, 0.5) is 13.2 Å². The van der Waals surface area contributed by atoms with Gasteiger partial charge in [-0.15, -0.1) is 13.2 Å². The maximum Gasteiger partial charge on any atom is 0.575 e. The van der Waals surface area contributed by atoms with Gasteiger partial charge in [0.15, 0.2) is 5.69 Å². The normalized spacial score (nSPS) is 11.6. The first kappa shape index (κ1) is 12.6. The van der Waals surface area contributed by atoms with Gasteiger partial charge in [0.2, 0.25) is 0 Å². The summed E-state index contributed by atoms with van der Waals surface area (Å²) in [5, 5.41) is 0.678. The molecule has 0 saturated heterocycles. The molecule has 0 atom stereocenters. The van der Waals surface area contributed by atoms with Gasteiger partial charge in [-0.3, -0.25) is 0 Å². The number of carbonyl (C=O) groups is 1. The van der Waals surface area contributed by atoms with Crippen LogP contribution in [-0.2, 0) is 4.74 Å². The van der Waals surface area contributed by atoms with Crippen LogP contribution in [0.2, 0.25) is 5.02 Å². The van der Waals surface area contributed by atoms with Gasteiger partial charge in [-0.1, -0.05) is 29.8 Å². The van der Waals surface area contributed by atoms with Gasteiger partial charge in [0.1, 0.15) is 0 Å². The van der Waals surface area contributed by atoms with Crippen molar-refractivity contribution in [2.24, 2.45) is 0 Å². The Balaban J connectivity index is 2.44. The molecule has 0 aliphatic heterocycles. The standard InChI is InChI=1S/C11H5ClF3NO2/c12-7-5-9(10(17)18-11(13,14)15)16-8-4-2-1-3-6(7)8/h1-5H. The molecule has 94 valence electrons. The van der Waals surface area contributed by atoms with Gasteiger partial charge < -0.3 is 4.74 Å². The second-order valence-corrected chi connectivity index (χ2v) is 3.75. The monoisotopic (exact) mass is 275 g/mol. The molecule has 2 rings (SSSR count). The van der Waals surface area contributed by atoms with Crippen LogP contribution in [-0.4, -0.2) is 17.3 Å². The molecular formula is C11H5ClF3NO2. The number of benzene rings is 1. The van der Waals surface area contributed by atoms with Crippen LogP contribution in [0.3, 0.4) is 0 Å². The van der Waals surface area contributed by atoms with Crippen LogP contribution in [0.15, 0.2) is 30.3 Å². The topological polar surface area (TPSA) is 39.2 Å². The van der Waals surface area contributed by atoms with Crippen molar-refractivity contribution in [3.63, 3.8) is 0 Å². The number of esters is 1. The van der Waals surface area contributed by atoms with Crippen molar-refractivity contribution in [3.8, 4) is 0 Å². The average Bonchev–Trinajstić information content (AvgIpc) is 2.26. The molecule has 0 bridgehead atoms. The van der Waals surface area contributed by atoms with Crippen molar-refractivity contribution >= 4 is 28.5 Å². The minimum atomic E-state index is -5.04. The highest BCUT2D eigenvalue weighted by Crippen LogP contribution is 2.24. The van der Waals surface area contributed by atoms with E-state index < -0.39 is 18.0 Å². The van der Waals surface area contributed by atoms with E-state index in [1.165, 1.54) is 6.07 Å². The summed E-state index contributed by atoms with van der Waals surface area (Å²) < 4.78 is 39.0. The molecule has 0 fully saturated rings. The van der Waals surface area contributed by atoms with Crippen LogP contribution in [0, 0.1) is 0 Å². The summed E-state index contributed by atoms with van der Waals surface area (Å²) >= 11 is 5.85. The highest BCUT2D eigenvalue weighted by Gasteiger charge is 2.35. The lowest BCUT2D eigenvalue weighted by atomic mass is 10.2. The molecule has 0 radical (unpaired) electrons. The third-order valence-corrected chi connectivity index (χ3v) is 2.40. The van der Waals surface area contributed by atoms with Crippen LogP contribution in [0.5, 0.6) is 0 Å². The molecule has 0 spiro atoms. The Labute approximate surface area is 104 Å². The minimum absolute atomic E-state index is 0.134. The van der Waals surface area contributed by atoms with Crippen LogP contribution < -0.4 is 0 Å². The van der Waals surface area contributed by atoms with Crippen molar-refractivity contribution in [3.05, 3.63) is 41.0 Å². The largest absolute Gasteiger partial charge is 0.575 e. The lowest BCUT2D eigenvalue weighted by molar-refractivity contribution is -0.291. The van der Waals surface area contributed by atoms with Crippen molar-refractivity contribution in [2.45, 2.75) is 6.36 Å². The van der Waals surface area contributed by atoms with Crippen LogP contribution in [0.25, 0.3) is 10.9 Å². The first-order valence-electron chi connectivity index (χ1n) is 4.72. The number of halogens is 4. The molecule has 0 N–H and O–H groups in total. The van der Waals surface area contributed by atoms with Crippen molar-refractivity contribution in [2.75, 3.05) is 0 Å². The zero-order valence-electron chi connectivity index (χ0n) is 8.66. The van der Waals surface area contributed by atoms with E-state index in [0.29, 0.717) is 10.9 Å². The SMILES string of the molecule is O=C(OC(F)(F)F)c1cc(Cl)c2ccccc2n1. The van der Waals surface area contributed by atoms with Crippen LogP contribution >= 0.6 is 11.6 Å². The van der Waals surface area contributed by atoms with Gasteiger partial charge in [0, 0.05) is 5.39 Å². The highest BCUT2D eigenvalue weighted by atomic mass is 35.5. The Morgan fingerprint density at radius 3 is 2.61 bits per heavy atom. The molecule has 0 saturated carbocycles. The third kappa shape index (κ3) is 2.70. The summed E-state index contributed by atoms with van der Waals surface area (Å²) in [4.78, 5) is 15.0. The summed E-state index contributed by atoms with van der Waals surface area (Å²) in [6.07, 6.45) is -5.04. The van der Waals surface area contributed by atoms with E-state index in [0.717, 1.165) is 6.07 Å². The molecule has 18 heavy (non-hydrogen) atoms. The van der Waals surface area contributed by atoms with E-state index in [9.17, 15) is 18.0 Å². The maximum absolute atomic E-state index is 11.9. The number of hydrogen-bond donors (Lipinski definition) is 0. The lowest BCUT2D eigenvalue weighted by Gasteiger charge is -2.08. The number of fused-ring (bicyclic) bond motifs is 1. The number of nitrogens with zero attached hydrogens (tertiary/aromatic N) is 1. The van der Waals surface area contributed by atoms with Crippen LogP contribution in [0.1, 0.15) is 10.5 Å². The van der Waals surface area contributed by atoms with Gasteiger partial charge in [-0.2, -0.15) is 0 Å². The summed E-state index contributed by atoms with van der Waals surface area (Å²) in [5.41, 5.74) is -0.171. The number of alkyl halides is 3. The lowest BCUT2D eigenvalue weighted by Crippen LogP contribution is -2.20. The Hall–Kier alpha value is -1.82. The molecule has 3 nitrogen and oxygen atoms in total. The molecule has 0 amide bonds. The molecule has 0 unspecified atom stereocenters. The Morgan fingerprint density at radius 1 is 1.28 bits per heavy atom. The number of carbonyl (C=O) groups excluding carboxylic acids is 1. The molecule has 1 aromatic heterocycles. The Kier molecular flexibility index (Phi) is 3.13. The molecule has 0 aliphatic rings. The predicted octanol–water partition coefficient (Wildman–Crippen LogP) is 3.56. The summed E-state index contributed by atoms with van der Waals surface area (Å²) in [6.45, 7) is 0. The zero-order valence-corrected chi connectivity index (χ0v) is 9.42. The minimum Gasteiger partial charge on any atom is -0.368 e. The second kappa shape index (κ2) is 4.45. The molecule has 0 aliphatic carbocycles. The third-order valence-electron chi connectivity index (χ3n) is 2.08.